The number of carbonyl (C=O) groups is 2. The van der Waals surface area contributed by atoms with E-state index in [0.717, 1.165) is 42.4 Å². The lowest BCUT2D eigenvalue weighted by Gasteiger charge is -2.11. The third-order valence-electron chi connectivity index (χ3n) is 8.64. The molecule has 0 unspecified atom stereocenters. The van der Waals surface area contributed by atoms with Crippen molar-refractivity contribution in [1.29, 1.82) is 0 Å². The summed E-state index contributed by atoms with van der Waals surface area (Å²) in [5, 5.41) is 0. The Balaban J connectivity index is 1.32. The molecule has 3 aromatic carbocycles. The van der Waals surface area contributed by atoms with Gasteiger partial charge in [0.05, 0.1) is 24.3 Å². The number of hydrogen-bond donors (Lipinski definition) is 0. The normalized spacial score (nSPS) is 11.7. The SMILES string of the molecule is CCCCCCCCCCCCCCCCOc1ccc(-c2ccc(C(=O)Oc3ccc(C(=O)OC[C@@H](C)CC)c(F)c3)cc2)cc1. The van der Waals surface area contributed by atoms with Crippen LogP contribution in [-0.2, 0) is 4.74 Å². The number of ether oxygens (including phenoxy) is 3. The van der Waals surface area contributed by atoms with Gasteiger partial charge in [-0.15, -0.1) is 0 Å². The maximum atomic E-state index is 14.5. The molecule has 0 heterocycles. The van der Waals surface area contributed by atoms with Gasteiger partial charge in [0.1, 0.15) is 17.3 Å². The zero-order chi connectivity index (χ0) is 33.7. The summed E-state index contributed by atoms with van der Waals surface area (Å²) in [7, 11) is 0. The Labute approximate surface area is 282 Å². The molecule has 6 heteroatoms. The third-order valence-corrected chi connectivity index (χ3v) is 8.64. The lowest BCUT2D eigenvalue weighted by Crippen LogP contribution is -2.13. The smallest absolute Gasteiger partial charge is 0.343 e. The van der Waals surface area contributed by atoms with Crippen molar-refractivity contribution in [1.82, 2.24) is 0 Å². The molecule has 0 amide bonds. The second-order valence-electron chi connectivity index (χ2n) is 12.7. The minimum absolute atomic E-state index is 0.0136. The fraction of sp³-hybridized carbons (Fsp3) is 0.512. The van der Waals surface area contributed by atoms with Crippen LogP contribution in [0.4, 0.5) is 4.39 Å². The molecule has 0 radical (unpaired) electrons. The number of benzene rings is 3. The summed E-state index contributed by atoms with van der Waals surface area (Å²) in [6.07, 6.45) is 19.6. The summed E-state index contributed by atoms with van der Waals surface area (Å²) < 4.78 is 31.0. The number of rotatable bonds is 23. The van der Waals surface area contributed by atoms with E-state index >= 15 is 0 Å². The van der Waals surface area contributed by atoms with Gasteiger partial charge in [0.25, 0.3) is 0 Å². The standard InChI is InChI=1S/C41H55FO5/c1-4-6-7-8-9-10-11-12-13-14-15-16-17-18-29-45-36-25-23-34(24-26-36)33-19-21-35(22-20-33)40(43)47-37-27-28-38(39(42)30-37)41(44)46-31-32(3)5-2/h19-28,30,32H,4-18,29,31H2,1-3H3/t32-/m0/s1. The van der Waals surface area contributed by atoms with Gasteiger partial charge in [-0.2, -0.15) is 0 Å². The van der Waals surface area contributed by atoms with Crippen molar-refractivity contribution < 1.29 is 28.2 Å². The molecule has 0 aliphatic heterocycles. The molecule has 0 aliphatic rings. The molecule has 0 saturated heterocycles. The van der Waals surface area contributed by atoms with Crippen LogP contribution in [0.1, 0.15) is 138 Å². The van der Waals surface area contributed by atoms with Gasteiger partial charge in [-0.1, -0.05) is 135 Å². The quantitative estimate of drug-likeness (QED) is 0.0583. The molecule has 256 valence electrons. The number of esters is 2. The largest absolute Gasteiger partial charge is 0.494 e. The van der Waals surface area contributed by atoms with Gasteiger partial charge in [-0.3, -0.25) is 0 Å². The molecular weight excluding hydrogens is 591 g/mol. The maximum absolute atomic E-state index is 14.5. The second-order valence-corrected chi connectivity index (χ2v) is 12.7. The molecule has 1 atom stereocenters. The Morgan fingerprint density at radius 1 is 0.638 bits per heavy atom. The summed E-state index contributed by atoms with van der Waals surface area (Å²) in [6, 6.07) is 18.7. The molecule has 0 fully saturated rings. The lowest BCUT2D eigenvalue weighted by molar-refractivity contribution is 0.0441. The highest BCUT2D eigenvalue weighted by Crippen LogP contribution is 2.24. The van der Waals surface area contributed by atoms with E-state index in [-0.39, 0.29) is 23.8 Å². The van der Waals surface area contributed by atoms with Gasteiger partial charge >= 0.3 is 11.9 Å². The van der Waals surface area contributed by atoms with Crippen LogP contribution in [0.3, 0.4) is 0 Å². The Morgan fingerprint density at radius 3 is 1.68 bits per heavy atom. The first kappa shape index (κ1) is 37.8. The molecule has 0 saturated carbocycles. The van der Waals surface area contributed by atoms with Crippen molar-refractivity contribution in [2.75, 3.05) is 13.2 Å². The summed E-state index contributed by atoms with van der Waals surface area (Å²) in [4.78, 5) is 24.9. The van der Waals surface area contributed by atoms with Crippen molar-refractivity contribution in [2.24, 2.45) is 5.92 Å². The molecule has 0 N–H and O–H groups in total. The first-order valence-electron chi connectivity index (χ1n) is 17.9. The Hall–Kier alpha value is -3.67. The zero-order valence-corrected chi connectivity index (χ0v) is 28.9. The predicted octanol–water partition coefficient (Wildman–Crippen LogP) is 11.8. The molecule has 0 spiro atoms. The van der Waals surface area contributed by atoms with Crippen molar-refractivity contribution in [3.05, 3.63) is 83.7 Å². The predicted molar refractivity (Wildman–Crippen MR) is 189 cm³/mol. The Bertz CT molecular complexity index is 1320. The number of hydrogen-bond acceptors (Lipinski definition) is 5. The van der Waals surface area contributed by atoms with Crippen LogP contribution in [0.5, 0.6) is 11.5 Å². The topological polar surface area (TPSA) is 61.8 Å². The maximum Gasteiger partial charge on any atom is 0.343 e. The van der Waals surface area contributed by atoms with E-state index in [0.29, 0.717) is 5.56 Å². The van der Waals surface area contributed by atoms with Crippen LogP contribution in [0.25, 0.3) is 11.1 Å². The highest BCUT2D eigenvalue weighted by atomic mass is 19.1. The van der Waals surface area contributed by atoms with Crippen molar-refractivity contribution >= 4 is 11.9 Å². The Kier molecular flexibility index (Phi) is 17.7. The molecule has 3 aromatic rings. The van der Waals surface area contributed by atoms with E-state index in [4.69, 9.17) is 14.2 Å². The van der Waals surface area contributed by atoms with E-state index in [2.05, 4.69) is 6.92 Å². The minimum atomic E-state index is -0.799. The van der Waals surface area contributed by atoms with Crippen molar-refractivity contribution in [3.8, 4) is 22.6 Å². The van der Waals surface area contributed by atoms with Crippen LogP contribution in [0.2, 0.25) is 0 Å². The van der Waals surface area contributed by atoms with E-state index in [9.17, 15) is 14.0 Å². The van der Waals surface area contributed by atoms with Crippen LogP contribution in [-0.4, -0.2) is 25.2 Å². The fourth-order valence-electron chi connectivity index (χ4n) is 5.33. The van der Waals surface area contributed by atoms with Crippen molar-refractivity contribution in [2.45, 2.75) is 117 Å². The van der Waals surface area contributed by atoms with E-state index < -0.39 is 17.8 Å². The zero-order valence-electron chi connectivity index (χ0n) is 28.9. The van der Waals surface area contributed by atoms with Gasteiger partial charge in [0.15, 0.2) is 0 Å². The van der Waals surface area contributed by atoms with Crippen LogP contribution >= 0.6 is 0 Å². The lowest BCUT2D eigenvalue weighted by atomic mass is 10.0. The molecule has 0 bridgehead atoms. The summed E-state index contributed by atoms with van der Waals surface area (Å²) in [6.45, 7) is 7.16. The summed E-state index contributed by atoms with van der Waals surface area (Å²) in [5.41, 5.74) is 2.10. The number of halogens is 1. The first-order valence-corrected chi connectivity index (χ1v) is 17.9. The highest BCUT2D eigenvalue weighted by Gasteiger charge is 2.17. The fourth-order valence-corrected chi connectivity index (χ4v) is 5.33. The van der Waals surface area contributed by atoms with Crippen LogP contribution < -0.4 is 9.47 Å². The molecule has 3 rings (SSSR count). The van der Waals surface area contributed by atoms with E-state index in [1.54, 1.807) is 12.1 Å². The van der Waals surface area contributed by atoms with Crippen LogP contribution in [0.15, 0.2) is 66.7 Å². The van der Waals surface area contributed by atoms with Gasteiger partial charge in [0, 0.05) is 6.07 Å². The van der Waals surface area contributed by atoms with Crippen LogP contribution in [0, 0.1) is 11.7 Å². The average Bonchev–Trinajstić information content (AvgIpc) is 3.09. The molecule has 0 aromatic heterocycles. The number of unbranched alkanes of at least 4 members (excludes halogenated alkanes) is 13. The van der Waals surface area contributed by atoms with Gasteiger partial charge in [-0.05, 0) is 59.9 Å². The highest BCUT2D eigenvalue weighted by molar-refractivity contribution is 5.92. The first-order chi connectivity index (χ1) is 22.9. The summed E-state index contributed by atoms with van der Waals surface area (Å²) in [5.74, 6) is -1.09. The van der Waals surface area contributed by atoms with Gasteiger partial charge < -0.3 is 14.2 Å². The van der Waals surface area contributed by atoms with Crippen molar-refractivity contribution in [3.63, 3.8) is 0 Å². The second kappa shape index (κ2) is 22.0. The minimum Gasteiger partial charge on any atom is -0.494 e. The monoisotopic (exact) mass is 646 g/mol. The van der Waals surface area contributed by atoms with Gasteiger partial charge in [-0.25, -0.2) is 14.0 Å². The van der Waals surface area contributed by atoms with Gasteiger partial charge in [0.2, 0.25) is 0 Å². The summed E-state index contributed by atoms with van der Waals surface area (Å²) >= 11 is 0. The molecule has 0 aliphatic carbocycles. The Morgan fingerprint density at radius 2 is 1.15 bits per heavy atom. The average molecular weight is 647 g/mol. The molecule has 5 nitrogen and oxygen atoms in total. The third kappa shape index (κ3) is 14.3. The number of carbonyl (C=O) groups excluding carboxylic acids is 2. The van der Waals surface area contributed by atoms with E-state index in [1.165, 1.54) is 95.6 Å². The molecule has 47 heavy (non-hydrogen) atoms. The van der Waals surface area contributed by atoms with E-state index in [1.807, 2.05) is 50.2 Å². The molecular formula is C41H55FO5.